The Morgan fingerprint density at radius 2 is 0.815 bits per heavy atom. The number of anilines is 5. The lowest BCUT2D eigenvalue weighted by molar-refractivity contribution is 0.0519. The lowest BCUT2D eigenvalue weighted by Crippen LogP contribution is -2.36. The van der Waals surface area contributed by atoms with Crippen LogP contribution in [0.3, 0.4) is 0 Å². The average molecular weight is 977 g/mol. The van der Waals surface area contributed by atoms with E-state index in [9.17, 15) is 14.4 Å². The van der Waals surface area contributed by atoms with Gasteiger partial charge in [0.05, 0.1) is 0 Å². The maximum absolute atomic E-state index is 11.4. The first-order chi connectivity index (χ1) is 30.0. The van der Waals surface area contributed by atoms with Gasteiger partial charge in [0.2, 0.25) is 0 Å². The highest BCUT2D eigenvalue weighted by molar-refractivity contribution is 6.33. The van der Waals surface area contributed by atoms with E-state index in [1.807, 2.05) is 57.5 Å². The molecule has 0 bridgehead atoms. The molecule has 0 fully saturated rings. The highest BCUT2D eigenvalue weighted by Gasteiger charge is 2.17. The average Bonchev–Trinajstić information content (AvgIpc) is 3.19. The van der Waals surface area contributed by atoms with Crippen molar-refractivity contribution in [3.63, 3.8) is 0 Å². The molecule has 25 nitrogen and oxygen atoms in total. The van der Waals surface area contributed by atoms with E-state index in [4.69, 9.17) is 60.7 Å². The van der Waals surface area contributed by atoms with E-state index in [2.05, 4.69) is 72.3 Å². The summed E-state index contributed by atoms with van der Waals surface area (Å²) in [6.07, 6.45) is 3.70. The van der Waals surface area contributed by atoms with E-state index in [-0.39, 0.29) is 5.15 Å². The molecule has 11 N–H and O–H groups in total. The zero-order chi connectivity index (χ0) is 50.4. The van der Waals surface area contributed by atoms with Gasteiger partial charge < -0.3 is 34.8 Å². The molecule has 0 saturated carbocycles. The van der Waals surface area contributed by atoms with Gasteiger partial charge in [-0.05, 0) is 76.4 Å². The van der Waals surface area contributed by atoms with Gasteiger partial charge in [0, 0.05) is 52.5 Å². The highest BCUT2D eigenvalue weighted by Crippen LogP contribution is 2.13. The molecule has 0 atom stereocenters. The summed E-state index contributed by atoms with van der Waals surface area (Å²) < 4.78 is 14.8. The fraction of sp³-hybridized carbons (Fsp3) is 0.486. The second-order valence-electron chi connectivity index (χ2n) is 15.5. The van der Waals surface area contributed by atoms with Crippen LogP contribution in [0.4, 0.5) is 43.5 Å². The molecule has 4 aromatic heterocycles. The Labute approximate surface area is 395 Å². The molecule has 4 aromatic rings. The first-order valence-corrected chi connectivity index (χ1v) is 20.0. The second-order valence-corrected chi connectivity index (χ2v) is 16.7. The van der Waals surface area contributed by atoms with Gasteiger partial charge in [-0.25, -0.2) is 76.8 Å². The van der Waals surface area contributed by atoms with Gasteiger partial charge >= 0.3 is 18.3 Å². The number of carbonyl (C=O) groups excluding carboxylic acids is 3. The van der Waals surface area contributed by atoms with Crippen LogP contribution in [0.2, 0.25) is 15.5 Å². The summed E-state index contributed by atoms with van der Waals surface area (Å²) in [6.45, 7) is 16.0. The van der Waals surface area contributed by atoms with Crippen molar-refractivity contribution >= 4 is 82.2 Å². The summed E-state index contributed by atoms with van der Waals surface area (Å²) in [5.41, 5.74) is 12.7. The zero-order valence-corrected chi connectivity index (χ0v) is 41.6. The number of nitrogens with zero attached hydrogens (tertiary/aromatic N) is 10. The van der Waals surface area contributed by atoms with E-state index in [0.717, 1.165) is 11.6 Å². The number of rotatable bonds is 7. The van der Waals surface area contributed by atoms with Crippen LogP contribution in [-0.4, -0.2) is 117 Å². The predicted molar refractivity (Wildman–Crippen MR) is 254 cm³/mol. The van der Waals surface area contributed by atoms with E-state index in [0.29, 0.717) is 27.8 Å². The van der Waals surface area contributed by atoms with Crippen molar-refractivity contribution in [2.75, 3.05) is 68.4 Å². The normalized spacial score (nSPS) is 10.1. The third-order valence-electron chi connectivity index (χ3n) is 5.50. The van der Waals surface area contributed by atoms with Crippen LogP contribution >= 0.6 is 34.8 Å². The Balaban J connectivity index is 0. The quantitative estimate of drug-likeness (QED) is 0.0377. The molecule has 0 spiro atoms. The molecule has 0 aliphatic heterocycles. The Bertz CT molecular complexity index is 1950. The predicted octanol–water partition coefficient (Wildman–Crippen LogP) is 5.21. The van der Waals surface area contributed by atoms with Crippen molar-refractivity contribution in [2.24, 2.45) is 11.7 Å². The van der Waals surface area contributed by atoms with Crippen molar-refractivity contribution < 1.29 is 28.6 Å². The van der Waals surface area contributed by atoms with E-state index in [1.165, 1.54) is 37.4 Å². The molecule has 28 heteroatoms. The number of amides is 3. The van der Waals surface area contributed by atoms with Gasteiger partial charge in [-0.2, -0.15) is 0 Å². The Kier molecular flexibility index (Phi) is 29.7. The largest absolute Gasteiger partial charge is 0.443 e. The van der Waals surface area contributed by atoms with Crippen LogP contribution < -0.4 is 59.4 Å². The van der Waals surface area contributed by atoms with E-state index < -0.39 is 35.1 Å². The standard InChI is InChI=1S/C11H19N5O2.C9H13ClN4O2.C6H11N5.C5H12N2O2.C4H2Cl2N2.C2H7N/c1-11(2,3)18-10(17)15-14-8-6-9(16(4)5)13-7-12-8;1-9(2,3)16-8(15)14-13-7-4-6(10)11-5-12-7;1-11(2)6-3-5(10-7)8-4-9-6;1-5(2,3)9-4(8)7-6;5-3-1-4(6)8-2-7-3;1-3-2/h6-7H,1-5H3,(H,15,17)(H,12,13,14);4-5H,1-3H3,(H,14,15)(H,11,12,13);3-4H,7H2,1-2H3,(H,8,9,10);6H2,1-3H3,(H,7,8);1-2H;3H,1-2H3. The van der Waals surface area contributed by atoms with Crippen molar-refractivity contribution in [1.29, 1.82) is 0 Å². The van der Waals surface area contributed by atoms with Gasteiger partial charge in [0.1, 0.15) is 86.7 Å². The number of halogens is 3. The van der Waals surface area contributed by atoms with E-state index in [1.54, 1.807) is 74.4 Å². The molecular formula is C37H64Cl3N19O6. The molecule has 0 radical (unpaired) electrons. The van der Waals surface area contributed by atoms with Gasteiger partial charge in [-0.15, -0.1) is 0 Å². The molecule has 4 heterocycles. The molecule has 0 saturated heterocycles. The Morgan fingerprint density at radius 1 is 0.508 bits per heavy atom. The molecule has 0 unspecified atom stereocenters. The zero-order valence-electron chi connectivity index (χ0n) is 39.3. The minimum Gasteiger partial charge on any atom is -0.443 e. The highest BCUT2D eigenvalue weighted by atomic mass is 35.5. The SMILES string of the molecule is CC(C)(C)OC(=O)NN.CC(C)(C)OC(=O)NNc1cc(Cl)ncn1.CN(C)c1cc(NN)ncn1.CN(C)c1cc(NNC(=O)OC(C)(C)C)ncn1.CNC.Clc1cc(Cl)ncn1. The lowest BCUT2D eigenvalue weighted by Gasteiger charge is -2.20. The first-order valence-electron chi connectivity index (χ1n) is 18.9. The van der Waals surface area contributed by atoms with Gasteiger partial charge in [0.15, 0.2) is 0 Å². The summed E-state index contributed by atoms with van der Waals surface area (Å²) in [4.78, 5) is 67.4. The fourth-order valence-electron chi connectivity index (χ4n) is 3.19. The van der Waals surface area contributed by atoms with Gasteiger partial charge in [-0.3, -0.25) is 16.3 Å². The maximum Gasteiger partial charge on any atom is 0.426 e. The van der Waals surface area contributed by atoms with Crippen molar-refractivity contribution in [3.05, 3.63) is 65.0 Å². The Hall–Kier alpha value is -6.12. The van der Waals surface area contributed by atoms with Crippen molar-refractivity contribution in [3.8, 4) is 0 Å². The molecule has 3 amide bonds. The number of hydrogen-bond donors (Lipinski definition) is 9. The summed E-state index contributed by atoms with van der Waals surface area (Å²) >= 11 is 16.5. The number of hydrogen-bond acceptors (Lipinski definition) is 22. The molecule has 65 heavy (non-hydrogen) atoms. The lowest BCUT2D eigenvalue weighted by atomic mass is 10.2. The second kappa shape index (κ2) is 31.7. The van der Waals surface area contributed by atoms with Crippen LogP contribution in [0, 0.1) is 0 Å². The first kappa shape index (κ1) is 61.0. The van der Waals surface area contributed by atoms with E-state index >= 15 is 0 Å². The number of aromatic nitrogens is 8. The van der Waals surface area contributed by atoms with Crippen LogP contribution in [0.15, 0.2) is 49.6 Å². The number of nitrogens with one attached hydrogen (secondary N) is 7. The summed E-state index contributed by atoms with van der Waals surface area (Å²) in [5, 5.41) is 3.76. The minimum atomic E-state index is -0.609. The number of nitrogens with two attached hydrogens (primary N) is 2. The molecule has 364 valence electrons. The molecule has 0 aliphatic carbocycles. The summed E-state index contributed by atoms with van der Waals surface area (Å²) in [7, 11) is 11.3. The number of carbonyl (C=O) groups is 3. The van der Waals surface area contributed by atoms with Gasteiger partial charge in [-0.1, -0.05) is 34.8 Å². The summed E-state index contributed by atoms with van der Waals surface area (Å²) in [5.74, 6) is 13.0. The summed E-state index contributed by atoms with van der Waals surface area (Å²) in [6, 6.07) is 6.42. The Morgan fingerprint density at radius 3 is 1.11 bits per heavy atom. The van der Waals surface area contributed by atoms with Crippen LogP contribution in [0.25, 0.3) is 0 Å². The van der Waals surface area contributed by atoms with Crippen LogP contribution in [0.5, 0.6) is 0 Å². The smallest absolute Gasteiger partial charge is 0.426 e. The topological polar surface area (TPSA) is 325 Å². The fourth-order valence-corrected chi connectivity index (χ4v) is 3.69. The van der Waals surface area contributed by atoms with Crippen molar-refractivity contribution in [1.82, 2.24) is 61.5 Å². The number of nitrogen functional groups attached to an aromatic ring is 1. The van der Waals surface area contributed by atoms with Crippen LogP contribution in [0.1, 0.15) is 62.3 Å². The number of hydrazine groups is 4. The molecule has 4 rings (SSSR count). The monoisotopic (exact) mass is 975 g/mol. The van der Waals surface area contributed by atoms with Crippen molar-refractivity contribution in [2.45, 2.75) is 79.1 Å². The van der Waals surface area contributed by atoms with Gasteiger partial charge in [0.25, 0.3) is 0 Å². The van der Waals surface area contributed by atoms with Crippen LogP contribution in [-0.2, 0) is 14.2 Å². The molecule has 0 aromatic carbocycles. The molecule has 0 aliphatic rings. The number of ether oxygens (including phenoxy) is 3. The minimum absolute atomic E-state index is 0.281. The third kappa shape index (κ3) is 36.0. The third-order valence-corrected chi connectivity index (χ3v) is 6.12. The molecular weight excluding hydrogens is 913 g/mol. The maximum atomic E-state index is 11.4.